The van der Waals surface area contributed by atoms with Gasteiger partial charge in [-0.15, -0.1) is 0 Å². The smallest absolute Gasteiger partial charge is 0.254 e. The van der Waals surface area contributed by atoms with E-state index in [0.717, 1.165) is 12.2 Å². The molecule has 1 unspecified atom stereocenters. The van der Waals surface area contributed by atoms with E-state index in [9.17, 15) is 9.90 Å². The molecule has 114 valence electrons. The molecule has 0 radical (unpaired) electrons. The van der Waals surface area contributed by atoms with Gasteiger partial charge in [-0.25, -0.2) is 0 Å². The maximum Gasteiger partial charge on any atom is 0.254 e. The van der Waals surface area contributed by atoms with Crippen molar-refractivity contribution in [1.29, 1.82) is 0 Å². The van der Waals surface area contributed by atoms with Gasteiger partial charge in [0.05, 0.1) is 17.4 Å². The van der Waals surface area contributed by atoms with Crippen molar-refractivity contribution in [3.63, 3.8) is 0 Å². The number of nitrogens with zero attached hydrogens (tertiary/aromatic N) is 2. The van der Waals surface area contributed by atoms with Crippen LogP contribution in [-0.2, 0) is 6.54 Å². The molecule has 0 spiro atoms. The number of aliphatic hydroxyl groups is 1. The van der Waals surface area contributed by atoms with E-state index < -0.39 is 5.60 Å². The summed E-state index contributed by atoms with van der Waals surface area (Å²) in [4.78, 5) is 12.1. The summed E-state index contributed by atoms with van der Waals surface area (Å²) in [5.41, 5.74) is 0.544. The molecule has 0 bridgehead atoms. The fraction of sp³-hybridized carbons (Fsp3) is 0.714. The zero-order valence-electron chi connectivity index (χ0n) is 12.9. The van der Waals surface area contributed by atoms with E-state index >= 15 is 0 Å². The first-order chi connectivity index (χ1) is 9.26. The standard InChI is InChI=1S/C14H25N3O2S/c1-10(2)7-17-11(3)12(6-16-17)13(18)15-8-14(4,19)9-20-5/h6,10,19H,7-9H2,1-5H3,(H,15,18). The minimum Gasteiger partial charge on any atom is -0.387 e. The first-order valence-corrected chi connectivity index (χ1v) is 8.18. The third-order valence-electron chi connectivity index (χ3n) is 2.97. The van der Waals surface area contributed by atoms with Crippen molar-refractivity contribution in [2.45, 2.75) is 39.8 Å². The van der Waals surface area contributed by atoms with Crippen LogP contribution in [0, 0.1) is 12.8 Å². The van der Waals surface area contributed by atoms with Crippen molar-refractivity contribution in [2.75, 3.05) is 18.6 Å². The van der Waals surface area contributed by atoms with Gasteiger partial charge in [0.15, 0.2) is 0 Å². The number of amides is 1. The summed E-state index contributed by atoms with van der Waals surface area (Å²) >= 11 is 1.55. The zero-order chi connectivity index (χ0) is 15.3. The number of thioether (sulfide) groups is 1. The number of carbonyl (C=O) groups excluding carboxylic acids is 1. The van der Waals surface area contributed by atoms with Gasteiger partial charge in [-0.3, -0.25) is 9.48 Å². The summed E-state index contributed by atoms with van der Waals surface area (Å²) in [6, 6.07) is 0. The van der Waals surface area contributed by atoms with E-state index in [4.69, 9.17) is 0 Å². The highest BCUT2D eigenvalue weighted by Crippen LogP contribution is 2.12. The number of aromatic nitrogens is 2. The predicted molar refractivity (Wildman–Crippen MR) is 83.1 cm³/mol. The van der Waals surface area contributed by atoms with Gasteiger partial charge in [-0.05, 0) is 26.0 Å². The van der Waals surface area contributed by atoms with Crippen molar-refractivity contribution in [3.8, 4) is 0 Å². The van der Waals surface area contributed by atoms with Gasteiger partial charge in [0.1, 0.15) is 0 Å². The molecule has 1 aromatic heterocycles. The van der Waals surface area contributed by atoms with Crippen LogP contribution in [-0.4, -0.2) is 44.9 Å². The molecule has 1 amide bonds. The summed E-state index contributed by atoms with van der Waals surface area (Å²) < 4.78 is 1.85. The average molecular weight is 299 g/mol. The Balaban J connectivity index is 2.67. The second-order valence-corrected chi connectivity index (χ2v) is 6.70. The molecular formula is C14H25N3O2S. The zero-order valence-corrected chi connectivity index (χ0v) is 13.8. The quantitative estimate of drug-likeness (QED) is 0.804. The Morgan fingerprint density at radius 1 is 1.60 bits per heavy atom. The van der Waals surface area contributed by atoms with Gasteiger partial charge >= 0.3 is 0 Å². The molecule has 2 N–H and O–H groups in total. The molecule has 0 fully saturated rings. The Hall–Kier alpha value is -1.01. The third kappa shape index (κ3) is 4.83. The Morgan fingerprint density at radius 3 is 2.80 bits per heavy atom. The van der Waals surface area contributed by atoms with E-state index in [-0.39, 0.29) is 12.5 Å². The van der Waals surface area contributed by atoms with Crippen molar-refractivity contribution < 1.29 is 9.90 Å². The van der Waals surface area contributed by atoms with Gasteiger partial charge in [0.2, 0.25) is 0 Å². The van der Waals surface area contributed by atoms with Crippen molar-refractivity contribution in [2.24, 2.45) is 5.92 Å². The van der Waals surface area contributed by atoms with Crippen molar-refractivity contribution in [1.82, 2.24) is 15.1 Å². The van der Waals surface area contributed by atoms with Gasteiger partial charge in [-0.1, -0.05) is 13.8 Å². The maximum absolute atomic E-state index is 12.1. The molecule has 1 rings (SSSR count). The van der Waals surface area contributed by atoms with Crippen LogP contribution < -0.4 is 5.32 Å². The maximum atomic E-state index is 12.1. The SMILES string of the molecule is CSCC(C)(O)CNC(=O)c1cnn(CC(C)C)c1C. The summed E-state index contributed by atoms with van der Waals surface area (Å²) in [6.45, 7) is 8.87. The van der Waals surface area contributed by atoms with E-state index in [1.54, 1.807) is 24.9 Å². The van der Waals surface area contributed by atoms with Crippen LogP contribution in [0.3, 0.4) is 0 Å². The minimum absolute atomic E-state index is 0.182. The summed E-state index contributed by atoms with van der Waals surface area (Å²) in [7, 11) is 0. The number of nitrogens with one attached hydrogen (secondary N) is 1. The molecule has 0 saturated carbocycles. The third-order valence-corrected chi connectivity index (χ3v) is 3.88. The van der Waals surface area contributed by atoms with Gasteiger partial charge in [0, 0.05) is 24.5 Å². The van der Waals surface area contributed by atoms with Crippen LogP contribution in [0.1, 0.15) is 36.8 Å². The normalized spacial score (nSPS) is 14.3. The van der Waals surface area contributed by atoms with Crippen LogP contribution in [0.25, 0.3) is 0 Å². The second kappa shape index (κ2) is 7.13. The largest absolute Gasteiger partial charge is 0.387 e. The highest BCUT2D eigenvalue weighted by atomic mass is 32.2. The Labute approximate surface area is 125 Å². The molecule has 5 nitrogen and oxygen atoms in total. The molecule has 0 saturated heterocycles. The lowest BCUT2D eigenvalue weighted by Crippen LogP contribution is -2.42. The highest BCUT2D eigenvalue weighted by Gasteiger charge is 2.22. The van der Waals surface area contributed by atoms with Crippen LogP contribution in [0.15, 0.2) is 6.20 Å². The van der Waals surface area contributed by atoms with Crippen molar-refractivity contribution in [3.05, 3.63) is 17.5 Å². The second-order valence-electron chi connectivity index (χ2n) is 5.83. The number of hydrogen-bond donors (Lipinski definition) is 2. The fourth-order valence-corrected chi connectivity index (χ4v) is 2.65. The molecule has 0 aliphatic heterocycles. The molecule has 1 heterocycles. The highest BCUT2D eigenvalue weighted by molar-refractivity contribution is 7.98. The predicted octanol–water partition coefficient (Wildman–Crippen LogP) is 1.69. The molecule has 1 aromatic rings. The average Bonchev–Trinajstić information content (AvgIpc) is 2.68. The summed E-state index contributed by atoms with van der Waals surface area (Å²) in [5.74, 6) is 0.879. The Kier molecular flexibility index (Phi) is 6.07. The van der Waals surface area contributed by atoms with Crippen molar-refractivity contribution >= 4 is 17.7 Å². The van der Waals surface area contributed by atoms with Crippen LogP contribution >= 0.6 is 11.8 Å². The number of carbonyl (C=O) groups is 1. The summed E-state index contributed by atoms with van der Waals surface area (Å²) in [6.07, 6.45) is 3.52. The fourth-order valence-electron chi connectivity index (χ4n) is 1.93. The van der Waals surface area contributed by atoms with E-state index in [1.165, 1.54) is 0 Å². The molecular weight excluding hydrogens is 274 g/mol. The lowest BCUT2D eigenvalue weighted by atomic mass is 10.1. The van der Waals surface area contributed by atoms with E-state index in [2.05, 4.69) is 24.3 Å². The van der Waals surface area contributed by atoms with Crippen LogP contribution in [0.4, 0.5) is 0 Å². The van der Waals surface area contributed by atoms with E-state index in [0.29, 0.717) is 17.2 Å². The van der Waals surface area contributed by atoms with Crippen LogP contribution in [0.5, 0.6) is 0 Å². The van der Waals surface area contributed by atoms with Crippen LogP contribution in [0.2, 0.25) is 0 Å². The molecule has 0 aliphatic carbocycles. The molecule has 6 heteroatoms. The first-order valence-electron chi connectivity index (χ1n) is 6.78. The van der Waals surface area contributed by atoms with Gasteiger partial charge in [0.25, 0.3) is 5.91 Å². The lowest BCUT2D eigenvalue weighted by molar-refractivity contribution is 0.0724. The van der Waals surface area contributed by atoms with E-state index in [1.807, 2.05) is 17.9 Å². The molecule has 0 aromatic carbocycles. The van der Waals surface area contributed by atoms with Gasteiger partial charge < -0.3 is 10.4 Å². The minimum atomic E-state index is -0.892. The molecule has 1 atom stereocenters. The topological polar surface area (TPSA) is 67.2 Å². The monoisotopic (exact) mass is 299 g/mol. The van der Waals surface area contributed by atoms with Gasteiger partial charge in [-0.2, -0.15) is 16.9 Å². The number of rotatable bonds is 7. The Morgan fingerprint density at radius 2 is 2.25 bits per heavy atom. The lowest BCUT2D eigenvalue weighted by Gasteiger charge is -2.22. The molecule has 20 heavy (non-hydrogen) atoms. The Bertz CT molecular complexity index is 455. The molecule has 0 aliphatic rings. The summed E-state index contributed by atoms with van der Waals surface area (Å²) in [5, 5.41) is 17.1. The number of hydrogen-bond acceptors (Lipinski definition) is 4. The first kappa shape index (κ1) is 17.0.